The predicted molar refractivity (Wildman–Crippen MR) is 88.4 cm³/mol. The monoisotopic (exact) mass is 308 g/mol. The first-order chi connectivity index (χ1) is 10.1. The van der Waals surface area contributed by atoms with E-state index in [1.807, 2.05) is 26.0 Å². The Hall–Kier alpha value is -1.17. The fraction of sp³-hybridized carbons (Fsp3) is 0.500. The average molecular weight is 308 g/mol. The molecule has 2 rings (SSSR count). The Morgan fingerprint density at radius 3 is 2.71 bits per heavy atom. The summed E-state index contributed by atoms with van der Waals surface area (Å²) in [6.45, 7) is 4.97. The van der Waals surface area contributed by atoms with Crippen LogP contribution in [0.4, 0.5) is 0 Å². The molecule has 3 N–H and O–H groups in total. The lowest BCUT2D eigenvalue weighted by atomic mass is 10.0. The van der Waals surface area contributed by atoms with Gasteiger partial charge >= 0.3 is 0 Å². The van der Waals surface area contributed by atoms with Gasteiger partial charge in [-0.15, -0.1) is 0 Å². The molecule has 0 spiro atoms. The Labute approximate surface area is 129 Å². The number of hydrogen-bond donors (Lipinski definition) is 2. The molecule has 1 aromatic rings. The second kappa shape index (κ2) is 7.73. The Morgan fingerprint density at radius 1 is 1.38 bits per heavy atom. The first-order valence-corrected chi connectivity index (χ1v) is 8.63. The zero-order valence-electron chi connectivity index (χ0n) is 12.7. The van der Waals surface area contributed by atoms with Gasteiger partial charge in [-0.1, -0.05) is 18.2 Å². The third-order valence-corrected chi connectivity index (χ3v) is 4.83. The molecular formula is C16H24N2O2S. The highest BCUT2D eigenvalue weighted by Crippen LogP contribution is 2.29. The molecule has 21 heavy (non-hydrogen) atoms. The van der Waals surface area contributed by atoms with E-state index in [2.05, 4.69) is 22.9 Å². The standard InChI is InChI=1S/C16H24N2O2S/c1-12(2)21(19)18-16-5-3-4-15(16)13-6-8-14(9-7-13)20-11-10-17/h4,6-9,12,16,18H,3,5,10-11,17H2,1-2H3. The largest absolute Gasteiger partial charge is 0.492 e. The molecule has 0 amide bonds. The van der Waals surface area contributed by atoms with E-state index in [1.54, 1.807) is 0 Å². The van der Waals surface area contributed by atoms with E-state index >= 15 is 0 Å². The summed E-state index contributed by atoms with van der Waals surface area (Å²) in [6.07, 6.45) is 4.25. The lowest BCUT2D eigenvalue weighted by Gasteiger charge is -2.18. The molecule has 0 saturated carbocycles. The van der Waals surface area contributed by atoms with Crippen molar-refractivity contribution in [2.24, 2.45) is 5.73 Å². The highest BCUT2D eigenvalue weighted by atomic mass is 32.2. The zero-order chi connectivity index (χ0) is 15.2. The van der Waals surface area contributed by atoms with Gasteiger partial charge in [0.1, 0.15) is 12.4 Å². The van der Waals surface area contributed by atoms with Crippen LogP contribution in [0.25, 0.3) is 5.57 Å². The fourth-order valence-corrected chi connectivity index (χ4v) is 3.14. The van der Waals surface area contributed by atoms with Crippen molar-refractivity contribution >= 4 is 16.6 Å². The highest BCUT2D eigenvalue weighted by molar-refractivity contribution is 7.83. The van der Waals surface area contributed by atoms with Crippen LogP contribution in [0, 0.1) is 0 Å². The van der Waals surface area contributed by atoms with Crippen molar-refractivity contribution in [3.63, 3.8) is 0 Å². The Balaban J connectivity index is 2.04. The predicted octanol–water partition coefficient (Wildman–Crippen LogP) is 2.23. The summed E-state index contributed by atoms with van der Waals surface area (Å²) in [6, 6.07) is 8.19. The molecule has 116 valence electrons. The number of benzene rings is 1. The van der Waals surface area contributed by atoms with E-state index in [1.165, 1.54) is 5.57 Å². The van der Waals surface area contributed by atoms with Gasteiger partial charge in [0.25, 0.3) is 0 Å². The van der Waals surface area contributed by atoms with Crippen LogP contribution in [0.3, 0.4) is 0 Å². The van der Waals surface area contributed by atoms with Crippen LogP contribution in [-0.2, 0) is 11.0 Å². The number of nitrogens with two attached hydrogens (primary N) is 1. The number of rotatable bonds is 7. The molecule has 0 fully saturated rings. The van der Waals surface area contributed by atoms with Crippen LogP contribution in [0.1, 0.15) is 32.3 Å². The lowest BCUT2D eigenvalue weighted by Crippen LogP contribution is -2.33. The molecule has 1 aromatic carbocycles. The van der Waals surface area contributed by atoms with Crippen LogP contribution in [0.15, 0.2) is 30.3 Å². The second-order valence-corrected chi connectivity index (χ2v) is 7.19. The quantitative estimate of drug-likeness (QED) is 0.812. The van der Waals surface area contributed by atoms with E-state index in [4.69, 9.17) is 10.5 Å². The van der Waals surface area contributed by atoms with Crippen molar-refractivity contribution in [1.29, 1.82) is 0 Å². The van der Waals surface area contributed by atoms with Gasteiger partial charge in [-0.3, -0.25) is 0 Å². The number of allylic oxidation sites excluding steroid dienone is 1. The molecule has 1 aliphatic carbocycles. The number of nitrogens with one attached hydrogen (secondary N) is 1. The average Bonchev–Trinajstić information content (AvgIpc) is 2.93. The Bertz CT molecular complexity index is 512. The summed E-state index contributed by atoms with van der Waals surface area (Å²) in [4.78, 5) is 0. The Morgan fingerprint density at radius 2 is 2.10 bits per heavy atom. The van der Waals surface area contributed by atoms with Gasteiger partial charge in [-0.2, -0.15) is 0 Å². The normalized spacial score (nSPS) is 19.6. The first-order valence-electron chi connectivity index (χ1n) is 7.42. The van der Waals surface area contributed by atoms with Gasteiger partial charge in [0.05, 0.1) is 11.0 Å². The van der Waals surface area contributed by atoms with Crippen molar-refractivity contribution in [3.05, 3.63) is 35.9 Å². The van der Waals surface area contributed by atoms with Crippen LogP contribution in [0.2, 0.25) is 0 Å². The molecule has 0 heterocycles. The minimum atomic E-state index is -0.994. The van der Waals surface area contributed by atoms with Crippen LogP contribution < -0.4 is 15.2 Å². The lowest BCUT2D eigenvalue weighted by molar-refractivity contribution is 0.328. The van der Waals surface area contributed by atoms with E-state index in [9.17, 15) is 4.21 Å². The molecule has 0 saturated heterocycles. The van der Waals surface area contributed by atoms with E-state index in [0.717, 1.165) is 24.2 Å². The van der Waals surface area contributed by atoms with Crippen LogP contribution in [0.5, 0.6) is 5.75 Å². The maximum Gasteiger partial charge on any atom is 0.119 e. The van der Waals surface area contributed by atoms with Crippen molar-refractivity contribution in [2.75, 3.05) is 13.2 Å². The van der Waals surface area contributed by atoms with Gasteiger partial charge in [0.15, 0.2) is 0 Å². The minimum absolute atomic E-state index is 0.124. The molecular weight excluding hydrogens is 284 g/mol. The number of hydrogen-bond acceptors (Lipinski definition) is 3. The van der Waals surface area contributed by atoms with Gasteiger partial charge in [-0.05, 0) is 50.0 Å². The van der Waals surface area contributed by atoms with E-state index < -0.39 is 11.0 Å². The maximum absolute atomic E-state index is 12.0. The topological polar surface area (TPSA) is 64.3 Å². The third kappa shape index (κ3) is 4.40. The van der Waals surface area contributed by atoms with Gasteiger partial charge in [-0.25, -0.2) is 8.93 Å². The third-order valence-electron chi connectivity index (χ3n) is 3.46. The fourth-order valence-electron chi connectivity index (χ4n) is 2.34. The molecule has 0 bridgehead atoms. The highest BCUT2D eigenvalue weighted by Gasteiger charge is 2.23. The van der Waals surface area contributed by atoms with Crippen molar-refractivity contribution < 1.29 is 8.95 Å². The summed E-state index contributed by atoms with van der Waals surface area (Å²) < 4.78 is 20.7. The Kier molecular flexibility index (Phi) is 5.96. The summed E-state index contributed by atoms with van der Waals surface area (Å²) in [7, 11) is -0.994. The molecule has 1 aliphatic rings. The summed E-state index contributed by atoms with van der Waals surface area (Å²) >= 11 is 0. The van der Waals surface area contributed by atoms with E-state index in [-0.39, 0.29) is 11.3 Å². The molecule has 0 aromatic heterocycles. The zero-order valence-corrected chi connectivity index (χ0v) is 13.5. The minimum Gasteiger partial charge on any atom is -0.492 e. The maximum atomic E-state index is 12.0. The van der Waals surface area contributed by atoms with Crippen molar-refractivity contribution in [3.8, 4) is 5.75 Å². The first kappa shape index (κ1) is 16.2. The molecule has 2 atom stereocenters. The van der Waals surface area contributed by atoms with Crippen molar-refractivity contribution in [1.82, 2.24) is 4.72 Å². The second-order valence-electron chi connectivity index (χ2n) is 5.41. The molecule has 0 aliphatic heterocycles. The molecule has 2 unspecified atom stereocenters. The summed E-state index contributed by atoms with van der Waals surface area (Å²) in [5.41, 5.74) is 7.81. The summed E-state index contributed by atoms with van der Waals surface area (Å²) in [5.74, 6) is 0.832. The molecule has 4 nitrogen and oxygen atoms in total. The van der Waals surface area contributed by atoms with Crippen LogP contribution in [-0.4, -0.2) is 28.7 Å². The number of ether oxygens (including phenoxy) is 1. The van der Waals surface area contributed by atoms with Gasteiger partial charge in [0, 0.05) is 17.8 Å². The summed E-state index contributed by atoms with van der Waals surface area (Å²) in [5, 5.41) is 0.124. The van der Waals surface area contributed by atoms with Crippen LogP contribution >= 0.6 is 0 Å². The van der Waals surface area contributed by atoms with Crippen molar-refractivity contribution in [2.45, 2.75) is 38.0 Å². The molecule has 0 radical (unpaired) electrons. The SMILES string of the molecule is CC(C)S(=O)NC1CCC=C1c1ccc(OCCN)cc1. The van der Waals surface area contributed by atoms with E-state index in [0.29, 0.717) is 13.2 Å². The smallest absolute Gasteiger partial charge is 0.119 e. The van der Waals surface area contributed by atoms with Gasteiger partial charge < -0.3 is 10.5 Å². The molecule has 5 heteroatoms. The van der Waals surface area contributed by atoms with Gasteiger partial charge in [0.2, 0.25) is 0 Å².